The molecule has 0 saturated heterocycles. The standard InChI is InChI=1S/C12H15N3O3S/c13-12-11-9(14-19(16,17)15-12)5-2-6-10(11)18-7-8-3-1-4-8/h2,5-6,8,14H,1,3-4,7H2,(H2,13,15). The molecular weight excluding hydrogens is 266 g/mol. The Kier molecular flexibility index (Phi) is 2.85. The van der Waals surface area contributed by atoms with Gasteiger partial charge in [-0.3, -0.25) is 4.72 Å². The zero-order valence-corrected chi connectivity index (χ0v) is 11.1. The monoisotopic (exact) mass is 281 g/mol. The van der Waals surface area contributed by atoms with E-state index >= 15 is 0 Å². The molecule has 3 N–H and O–H groups in total. The number of nitrogens with one attached hydrogen (secondary N) is 1. The summed E-state index contributed by atoms with van der Waals surface area (Å²) < 4.78 is 34.4. The van der Waals surface area contributed by atoms with Crippen molar-refractivity contribution in [2.75, 3.05) is 11.3 Å². The largest absolute Gasteiger partial charge is 0.492 e. The smallest absolute Gasteiger partial charge is 0.344 e. The van der Waals surface area contributed by atoms with Crippen LogP contribution >= 0.6 is 0 Å². The van der Waals surface area contributed by atoms with Crippen LogP contribution in [0.4, 0.5) is 5.69 Å². The predicted octanol–water partition coefficient (Wildman–Crippen LogP) is 1.24. The van der Waals surface area contributed by atoms with Gasteiger partial charge in [0.1, 0.15) is 5.75 Å². The molecule has 0 atom stereocenters. The van der Waals surface area contributed by atoms with Gasteiger partial charge in [0.2, 0.25) is 0 Å². The van der Waals surface area contributed by atoms with Crippen molar-refractivity contribution in [2.45, 2.75) is 19.3 Å². The van der Waals surface area contributed by atoms with Gasteiger partial charge in [-0.15, -0.1) is 4.40 Å². The summed E-state index contributed by atoms with van der Waals surface area (Å²) in [5.41, 5.74) is 6.67. The molecule has 3 rings (SSSR count). The van der Waals surface area contributed by atoms with Crippen molar-refractivity contribution in [1.82, 2.24) is 0 Å². The first kappa shape index (κ1) is 12.3. The lowest BCUT2D eigenvalue weighted by atomic mass is 9.86. The molecule has 1 aliphatic carbocycles. The van der Waals surface area contributed by atoms with Crippen molar-refractivity contribution in [3.8, 4) is 5.75 Å². The summed E-state index contributed by atoms with van der Waals surface area (Å²) in [6.45, 7) is 0.635. The van der Waals surface area contributed by atoms with Crippen molar-refractivity contribution in [1.29, 1.82) is 0 Å². The Balaban J connectivity index is 1.90. The number of nitrogens with two attached hydrogens (primary N) is 1. The van der Waals surface area contributed by atoms with E-state index in [1.165, 1.54) is 19.3 Å². The Labute approximate surface area is 111 Å². The lowest BCUT2D eigenvalue weighted by Crippen LogP contribution is -2.27. The minimum atomic E-state index is -3.73. The Bertz CT molecular complexity index is 636. The Morgan fingerprint density at radius 2 is 2.21 bits per heavy atom. The molecule has 7 heteroatoms. The molecular formula is C12H15N3O3S. The molecule has 1 aliphatic heterocycles. The van der Waals surface area contributed by atoms with Crippen LogP contribution in [0.2, 0.25) is 0 Å². The molecule has 0 unspecified atom stereocenters. The minimum Gasteiger partial charge on any atom is -0.492 e. The summed E-state index contributed by atoms with van der Waals surface area (Å²) >= 11 is 0. The van der Waals surface area contributed by atoms with Crippen molar-refractivity contribution >= 4 is 21.7 Å². The molecule has 0 spiro atoms. The third-order valence-electron chi connectivity index (χ3n) is 3.44. The van der Waals surface area contributed by atoms with Crippen LogP contribution in [0.5, 0.6) is 5.75 Å². The van der Waals surface area contributed by atoms with Gasteiger partial charge < -0.3 is 10.5 Å². The quantitative estimate of drug-likeness (QED) is 0.871. The van der Waals surface area contributed by atoms with Crippen LogP contribution in [0.3, 0.4) is 0 Å². The van der Waals surface area contributed by atoms with Gasteiger partial charge in [0, 0.05) is 0 Å². The van der Waals surface area contributed by atoms with Crippen LogP contribution in [-0.4, -0.2) is 20.9 Å². The molecule has 2 aliphatic rings. The first-order chi connectivity index (χ1) is 9.05. The van der Waals surface area contributed by atoms with Gasteiger partial charge in [0.05, 0.1) is 17.9 Å². The van der Waals surface area contributed by atoms with E-state index < -0.39 is 10.2 Å². The molecule has 1 aromatic rings. The number of fused-ring (bicyclic) bond motifs is 1. The maximum absolute atomic E-state index is 11.4. The lowest BCUT2D eigenvalue weighted by molar-refractivity contribution is 0.180. The maximum atomic E-state index is 11.4. The Hall–Kier alpha value is -1.76. The van der Waals surface area contributed by atoms with E-state index in [0.717, 1.165) is 0 Å². The molecule has 0 aromatic heterocycles. The summed E-state index contributed by atoms with van der Waals surface area (Å²) in [4.78, 5) is 0. The van der Waals surface area contributed by atoms with Gasteiger partial charge in [0.15, 0.2) is 5.84 Å². The minimum absolute atomic E-state index is 0.0297. The van der Waals surface area contributed by atoms with Gasteiger partial charge in [-0.25, -0.2) is 0 Å². The van der Waals surface area contributed by atoms with Gasteiger partial charge in [0.25, 0.3) is 0 Å². The van der Waals surface area contributed by atoms with Crippen LogP contribution in [0.1, 0.15) is 24.8 Å². The summed E-state index contributed by atoms with van der Waals surface area (Å²) in [5, 5.41) is 0. The molecule has 1 saturated carbocycles. The SMILES string of the molecule is NC1=NS(=O)(=O)Nc2cccc(OCC3CCC3)c21. The summed E-state index contributed by atoms with van der Waals surface area (Å²) in [5.74, 6) is 1.14. The van der Waals surface area contributed by atoms with Gasteiger partial charge in [-0.1, -0.05) is 12.5 Å². The van der Waals surface area contributed by atoms with Crippen molar-refractivity contribution in [3.05, 3.63) is 23.8 Å². The first-order valence-electron chi connectivity index (χ1n) is 6.19. The van der Waals surface area contributed by atoms with Crippen LogP contribution < -0.4 is 15.2 Å². The van der Waals surface area contributed by atoms with Crippen molar-refractivity contribution in [3.63, 3.8) is 0 Å². The van der Waals surface area contributed by atoms with Crippen LogP contribution in [0.15, 0.2) is 22.6 Å². The topological polar surface area (TPSA) is 93.8 Å². The van der Waals surface area contributed by atoms with E-state index in [2.05, 4.69) is 9.12 Å². The molecule has 6 nitrogen and oxygen atoms in total. The van der Waals surface area contributed by atoms with Crippen LogP contribution in [0, 0.1) is 5.92 Å². The normalized spacial score (nSPS) is 20.7. The van der Waals surface area contributed by atoms with E-state index in [1.54, 1.807) is 18.2 Å². The summed E-state index contributed by atoms with van der Waals surface area (Å²) in [6, 6.07) is 5.15. The van der Waals surface area contributed by atoms with Crippen LogP contribution in [0.25, 0.3) is 0 Å². The summed E-state index contributed by atoms with van der Waals surface area (Å²) in [6.07, 6.45) is 3.63. The average Bonchev–Trinajstić information content (AvgIpc) is 2.24. The number of amidine groups is 1. The third-order valence-corrected chi connectivity index (χ3v) is 4.35. The fourth-order valence-corrected chi connectivity index (χ4v) is 3.05. The van der Waals surface area contributed by atoms with E-state index in [4.69, 9.17) is 10.5 Å². The molecule has 1 aromatic carbocycles. The number of anilines is 1. The number of benzene rings is 1. The number of nitrogens with zero attached hydrogens (tertiary/aromatic N) is 1. The highest BCUT2D eigenvalue weighted by molar-refractivity contribution is 7.91. The molecule has 102 valence electrons. The molecule has 0 amide bonds. The highest BCUT2D eigenvalue weighted by Crippen LogP contribution is 2.32. The van der Waals surface area contributed by atoms with Gasteiger partial charge in [-0.05, 0) is 30.9 Å². The molecule has 1 fully saturated rings. The van der Waals surface area contributed by atoms with E-state index in [0.29, 0.717) is 29.5 Å². The third kappa shape index (κ3) is 2.37. The fourth-order valence-electron chi connectivity index (χ4n) is 2.20. The number of hydrogen-bond acceptors (Lipinski definition) is 4. The highest BCUT2D eigenvalue weighted by atomic mass is 32.2. The average molecular weight is 281 g/mol. The van der Waals surface area contributed by atoms with Crippen molar-refractivity contribution < 1.29 is 13.2 Å². The Morgan fingerprint density at radius 1 is 1.42 bits per heavy atom. The molecule has 19 heavy (non-hydrogen) atoms. The van der Waals surface area contributed by atoms with Crippen LogP contribution in [-0.2, 0) is 10.2 Å². The zero-order chi connectivity index (χ0) is 13.5. The molecule has 0 bridgehead atoms. The second kappa shape index (κ2) is 4.41. The predicted molar refractivity (Wildman–Crippen MR) is 72.5 cm³/mol. The maximum Gasteiger partial charge on any atom is 0.344 e. The van der Waals surface area contributed by atoms with Gasteiger partial charge in [-0.2, -0.15) is 8.42 Å². The second-order valence-electron chi connectivity index (χ2n) is 4.84. The molecule has 1 heterocycles. The highest BCUT2D eigenvalue weighted by Gasteiger charge is 2.25. The van der Waals surface area contributed by atoms with E-state index in [9.17, 15) is 8.42 Å². The number of ether oxygens (including phenoxy) is 1. The number of rotatable bonds is 3. The Morgan fingerprint density at radius 3 is 2.89 bits per heavy atom. The first-order valence-corrected chi connectivity index (χ1v) is 7.63. The fraction of sp³-hybridized carbons (Fsp3) is 0.417. The van der Waals surface area contributed by atoms with Crippen molar-refractivity contribution in [2.24, 2.45) is 16.0 Å². The van der Waals surface area contributed by atoms with E-state index in [1.807, 2.05) is 0 Å². The zero-order valence-electron chi connectivity index (χ0n) is 10.3. The number of hydrogen-bond donors (Lipinski definition) is 2. The van der Waals surface area contributed by atoms with Gasteiger partial charge >= 0.3 is 10.2 Å². The molecule has 0 radical (unpaired) electrons. The van der Waals surface area contributed by atoms with E-state index in [-0.39, 0.29) is 5.84 Å². The second-order valence-corrected chi connectivity index (χ2v) is 6.18. The lowest BCUT2D eigenvalue weighted by Gasteiger charge is -2.26. The summed E-state index contributed by atoms with van der Waals surface area (Å²) in [7, 11) is -3.73.